The van der Waals surface area contributed by atoms with Gasteiger partial charge in [-0.05, 0) is 0 Å². The van der Waals surface area contributed by atoms with E-state index in [0.29, 0.717) is 0 Å². The van der Waals surface area contributed by atoms with E-state index in [0.717, 1.165) is 0 Å². The fourth-order valence-corrected chi connectivity index (χ4v) is 0.919. The summed E-state index contributed by atoms with van der Waals surface area (Å²) in [6.07, 6.45) is 0. The second kappa shape index (κ2) is 5.00. The Hall–Kier alpha value is 0.259. The summed E-state index contributed by atoms with van der Waals surface area (Å²) in [6.45, 7) is 0. The molecule has 0 aromatic heterocycles. The zero-order valence-corrected chi connectivity index (χ0v) is 7.26. The van der Waals surface area contributed by atoms with Crippen molar-refractivity contribution < 1.29 is 52.1 Å². The summed E-state index contributed by atoms with van der Waals surface area (Å²) in [5.41, 5.74) is 0. The van der Waals surface area contributed by atoms with Crippen molar-refractivity contribution in [2.24, 2.45) is 0 Å². The zero-order chi connectivity index (χ0) is 7.71. The third kappa shape index (κ3) is 17.9. The predicted molar refractivity (Wildman–Crippen MR) is 24.1 cm³/mol. The van der Waals surface area contributed by atoms with E-state index in [4.69, 9.17) is 0 Å². The van der Waals surface area contributed by atoms with E-state index in [1.807, 2.05) is 0 Å². The van der Waals surface area contributed by atoms with E-state index >= 15 is 0 Å². The van der Waals surface area contributed by atoms with Crippen LogP contribution in [0, 0.1) is 0 Å². The molecule has 0 atom stereocenters. The molecule has 0 fully saturated rings. The Morgan fingerprint density at radius 2 is 1.09 bits per heavy atom. The number of hydrogen-bond donors (Lipinski definition) is 0. The quantitative estimate of drug-likeness (QED) is 0.289. The molecule has 0 saturated carbocycles. The smallest absolute Gasteiger partial charge is 0.725 e. The molecule has 0 aliphatic heterocycles. The molecule has 0 unspecified atom stereocenters. The average Bonchev–Trinajstić information content (AvgIpc) is 1.14. The molecule has 0 rings (SSSR count). The van der Waals surface area contributed by atoms with Crippen LogP contribution in [-0.2, 0) is 41.5 Å². The van der Waals surface area contributed by atoms with Gasteiger partial charge in [0.15, 0.2) is 0 Å². The number of rotatable bonds is 2. The van der Waals surface area contributed by atoms with E-state index in [1.54, 1.807) is 0 Å². The molecule has 0 aliphatic rings. The molecule has 0 amide bonds. The van der Waals surface area contributed by atoms with Crippen LogP contribution in [-0.4, -0.2) is 31.4 Å². The molecule has 70 valence electrons. The molecule has 2 N–H and O–H groups in total. The van der Waals surface area contributed by atoms with Crippen LogP contribution in [0.3, 0.4) is 0 Å². The standard InChI is InChI=1S/Fe.H2O7S2.H2O/c;1-8(2,3)7-9(4,5)6;/h;(H,1,2,3)(H,4,5,6);1H2/q+2;;/p-2. The Labute approximate surface area is 73.2 Å². The van der Waals surface area contributed by atoms with E-state index in [2.05, 4.69) is 3.63 Å². The van der Waals surface area contributed by atoms with Crippen LogP contribution in [0.1, 0.15) is 0 Å². The molecule has 8 nitrogen and oxygen atoms in total. The molecular formula is H2FeO8S2. The fourth-order valence-electron chi connectivity index (χ4n) is 0.102. The van der Waals surface area contributed by atoms with Crippen LogP contribution in [0.25, 0.3) is 0 Å². The molecule has 0 aromatic carbocycles. The number of hydrogen-bond acceptors (Lipinski definition) is 7. The maximum absolute atomic E-state index is 9.29. The zero-order valence-electron chi connectivity index (χ0n) is 4.53. The Bertz CT molecular complexity index is 237. The van der Waals surface area contributed by atoms with Gasteiger partial charge in [-0.2, -0.15) is 3.63 Å². The molecule has 11 heteroatoms. The van der Waals surface area contributed by atoms with Crippen LogP contribution in [0.2, 0.25) is 0 Å². The summed E-state index contributed by atoms with van der Waals surface area (Å²) in [6, 6.07) is 0. The van der Waals surface area contributed by atoms with Gasteiger partial charge in [-0.15, -0.1) is 0 Å². The maximum Gasteiger partial charge on any atom is 2.00 e. The summed E-state index contributed by atoms with van der Waals surface area (Å²) < 4.78 is 58.2. The first-order valence-corrected chi connectivity index (χ1v) is 4.00. The van der Waals surface area contributed by atoms with Crippen LogP contribution in [0.5, 0.6) is 0 Å². The van der Waals surface area contributed by atoms with Crippen LogP contribution in [0.4, 0.5) is 0 Å². The van der Waals surface area contributed by atoms with E-state index in [9.17, 15) is 25.9 Å². The second-order valence-electron chi connectivity index (χ2n) is 0.885. The van der Waals surface area contributed by atoms with Gasteiger partial charge in [0, 0.05) is 0 Å². The molecule has 0 spiro atoms. The van der Waals surface area contributed by atoms with Crippen LogP contribution >= 0.6 is 0 Å². The van der Waals surface area contributed by atoms with Crippen LogP contribution < -0.4 is 0 Å². The third-order valence-electron chi connectivity index (χ3n) is 0.167. The molecule has 0 saturated heterocycles. The van der Waals surface area contributed by atoms with Gasteiger partial charge in [-0.3, -0.25) is 0 Å². The van der Waals surface area contributed by atoms with Crippen molar-refractivity contribution in [3.63, 3.8) is 0 Å². The van der Waals surface area contributed by atoms with Crippen molar-refractivity contribution in [1.29, 1.82) is 0 Å². The largest absolute Gasteiger partial charge is 2.00 e. The van der Waals surface area contributed by atoms with Gasteiger partial charge >= 0.3 is 17.1 Å². The van der Waals surface area contributed by atoms with Crippen molar-refractivity contribution >= 4 is 20.8 Å². The minimum atomic E-state index is -5.43. The summed E-state index contributed by atoms with van der Waals surface area (Å²) in [5.74, 6) is 0. The van der Waals surface area contributed by atoms with Crippen molar-refractivity contribution in [3.8, 4) is 0 Å². The van der Waals surface area contributed by atoms with E-state index in [-0.39, 0.29) is 22.5 Å². The van der Waals surface area contributed by atoms with Crippen molar-refractivity contribution in [2.45, 2.75) is 0 Å². The summed E-state index contributed by atoms with van der Waals surface area (Å²) >= 11 is 0. The SMILES string of the molecule is O.O=S(=O)([O-])OS(=O)(=O)[O-].[Fe+2]. The predicted octanol–water partition coefficient (Wildman–Crippen LogP) is -2.90. The Kier molecular flexibility index (Phi) is 7.90. The van der Waals surface area contributed by atoms with Crippen LogP contribution in [0.15, 0.2) is 0 Å². The molecule has 0 bridgehead atoms. The van der Waals surface area contributed by atoms with Gasteiger partial charge in [-0.25, -0.2) is 16.8 Å². The van der Waals surface area contributed by atoms with Gasteiger partial charge < -0.3 is 14.6 Å². The summed E-state index contributed by atoms with van der Waals surface area (Å²) in [7, 11) is -10.9. The fraction of sp³-hybridized carbons (Fsp3) is 0. The summed E-state index contributed by atoms with van der Waals surface area (Å²) in [5, 5.41) is 0. The van der Waals surface area contributed by atoms with Gasteiger partial charge in [0.2, 0.25) is 20.8 Å². The van der Waals surface area contributed by atoms with E-state index in [1.165, 1.54) is 0 Å². The monoisotopic (exact) mass is 250 g/mol. The maximum atomic E-state index is 9.29. The average molecular weight is 250 g/mol. The third-order valence-corrected chi connectivity index (χ3v) is 1.50. The van der Waals surface area contributed by atoms with Crippen molar-refractivity contribution in [3.05, 3.63) is 0 Å². The molecule has 0 aliphatic carbocycles. The second-order valence-corrected chi connectivity index (χ2v) is 3.06. The molecule has 11 heavy (non-hydrogen) atoms. The first-order valence-electron chi connectivity index (χ1n) is 1.33. The van der Waals surface area contributed by atoms with Gasteiger partial charge in [0.1, 0.15) is 0 Å². The molecule has 0 heterocycles. The Morgan fingerprint density at radius 1 is 0.909 bits per heavy atom. The minimum Gasteiger partial charge on any atom is -0.725 e. The Morgan fingerprint density at radius 3 is 1.09 bits per heavy atom. The van der Waals surface area contributed by atoms with E-state index < -0.39 is 20.8 Å². The summed E-state index contributed by atoms with van der Waals surface area (Å²) in [4.78, 5) is 0. The molecule has 0 aromatic rings. The molecule has 0 radical (unpaired) electrons. The topological polar surface area (TPSA) is 155 Å². The first-order chi connectivity index (χ1) is 3.71. The van der Waals surface area contributed by atoms with Crippen molar-refractivity contribution in [2.75, 3.05) is 0 Å². The van der Waals surface area contributed by atoms with Crippen molar-refractivity contribution in [1.82, 2.24) is 0 Å². The van der Waals surface area contributed by atoms with Gasteiger partial charge in [-0.1, -0.05) is 0 Å². The van der Waals surface area contributed by atoms with Gasteiger partial charge in [0.05, 0.1) is 0 Å². The minimum absolute atomic E-state index is 0. The first kappa shape index (κ1) is 17.4. The normalized spacial score (nSPS) is 11.1. The Balaban J connectivity index is -0.000000320. The van der Waals surface area contributed by atoms with Gasteiger partial charge in [0.25, 0.3) is 0 Å². The molecular weight excluding hydrogens is 248 g/mol.